The number of anilines is 2. The molecule has 0 saturated carbocycles. The molecular weight excluding hydrogens is 653 g/mol. The number of nitrogens with two attached hydrogens (primary N) is 1. The van der Waals surface area contributed by atoms with E-state index in [0.29, 0.717) is 11.2 Å². The van der Waals surface area contributed by atoms with Gasteiger partial charge in [0.15, 0.2) is 16.8 Å². The Morgan fingerprint density at radius 3 is 2.57 bits per heavy atom. The minimum Gasteiger partial charge on any atom is -0.356 e. The molecule has 0 aromatic carbocycles. The van der Waals surface area contributed by atoms with Crippen molar-refractivity contribution >= 4 is 64.5 Å². The maximum atomic E-state index is 12.9. The summed E-state index contributed by atoms with van der Waals surface area (Å²) in [6.07, 6.45) is -3.13. The van der Waals surface area contributed by atoms with Gasteiger partial charge in [-0.25, -0.2) is 23.2 Å². The van der Waals surface area contributed by atoms with E-state index in [9.17, 15) is 28.3 Å². The lowest BCUT2D eigenvalue weighted by molar-refractivity contribution is -0.745. The molecule has 5 heterocycles. The molecule has 9 N–H and O–H groups in total. The molecule has 0 spiro atoms. The SMILES string of the molecule is Cn1ccc(NC(=O)C2OC3C(COP(=O)(O)OP(=O)(O)OP(=O)(O)O)OC([n+]4c[nH]c5c(=S)nc(N)[nH]c54)C3O2)n1. The average molecular weight is 675 g/mol. The molecule has 7 atom stereocenters. The zero-order chi connectivity index (χ0) is 30.6. The highest BCUT2D eigenvalue weighted by atomic mass is 32.1. The summed E-state index contributed by atoms with van der Waals surface area (Å²) < 4.78 is 67.6. The Bertz CT molecular complexity index is 1720. The number of hydrogen-bond acceptors (Lipinski definition) is 14. The molecule has 0 bridgehead atoms. The first kappa shape index (κ1) is 31.0. The number of carbonyl (C=O) groups excluding carboxylic acids is 1. The van der Waals surface area contributed by atoms with Gasteiger partial charge in [-0.05, 0) is 0 Å². The normalized spacial score (nSPS) is 27.0. The Morgan fingerprint density at radius 2 is 1.90 bits per heavy atom. The van der Waals surface area contributed by atoms with Crippen LogP contribution in [0.15, 0.2) is 18.6 Å². The number of ether oxygens (including phenoxy) is 3. The van der Waals surface area contributed by atoms with E-state index in [0.717, 1.165) is 0 Å². The third-order valence-corrected chi connectivity index (χ3v) is 9.74. The van der Waals surface area contributed by atoms with Gasteiger partial charge < -0.3 is 44.8 Å². The first-order chi connectivity index (χ1) is 19.5. The molecule has 3 aromatic heterocycles. The van der Waals surface area contributed by atoms with E-state index < -0.39 is 66.8 Å². The van der Waals surface area contributed by atoms with Gasteiger partial charge in [-0.2, -0.15) is 18.7 Å². The Hall–Kier alpha value is -2.46. The molecule has 1 amide bonds. The van der Waals surface area contributed by atoms with Gasteiger partial charge in [0.05, 0.1) is 6.61 Å². The van der Waals surface area contributed by atoms with E-state index in [2.05, 4.69) is 34.0 Å². The molecular formula is C16H22N8O14P3S+. The van der Waals surface area contributed by atoms with E-state index in [1.165, 1.54) is 21.6 Å². The van der Waals surface area contributed by atoms with Crippen LogP contribution in [0, 0.1) is 4.64 Å². The number of aromatic nitrogens is 6. The highest BCUT2D eigenvalue weighted by molar-refractivity contribution is 7.71. The van der Waals surface area contributed by atoms with Crippen molar-refractivity contribution < 1.29 is 70.0 Å². The Kier molecular flexibility index (Phi) is 8.28. The summed E-state index contributed by atoms with van der Waals surface area (Å²) in [5.41, 5.74) is 6.45. The van der Waals surface area contributed by atoms with Gasteiger partial charge in [0.2, 0.25) is 18.0 Å². The molecule has 7 unspecified atom stereocenters. The molecule has 26 heteroatoms. The lowest BCUT2D eigenvalue weighted by Crippen LogP contribution is -2.46. The first-order valence-corrected chi connectivity index (χ1v) is 16.3. The number of nitrogen functional groups attached to an aromatic ring is 1. The standard InChI is InChI=1S/C16H21N8O14P3S/c1-23-3-2-7(22-23)19-12(25)15-35-9-6(4-33-40(29,30)38-41(31,32)37-39(26,27)28)34-14(10(9)36-15)24-5-18-8-11(24)20-16(17)21-13(8)42/h2-3,5-6,9-10,14-15H,4H2,1H3,(H8,17,19,20,21,22,25,26,27,28,29,30,31,32,42)/p+1. The number of phosphoric acid groups is 3. The molecule has 2 fully saturated rings. The zero-order valence-electron chi connectivity index (χ0n) is 20.8. The number of nitrogens with zero attached hydrogens (tertiary/aromatic N) is 4. The molecule has 2 aliphatic rings. The van der Waals surface area contributed by atoms with Gasteiger partial charge in [0, 0.05) is 19.3 Å². The van der Waals surface area contributed by atoms with Crippen LogP contribution >= 0.6 is 35.7 Å². The van der Waals surface area contributed by atoms with Crippen molar-refractivity contribution in [1.29, 1.82) is 0 Å². The van der Waals surface area contributed by atoms with Crippen LogP contribution in [0.4, 0.5) is 11.8 Å². The summed E-state index contributed by atoms with van der Waals surface area (Å²) in [7, 11) is -15.2. The third kappa shape index (κ3) is 6.85. The Balaban J connectivity index is 1.38. The lowest BCUT2D eigenvalue weighted by Gasteiger charge is -2.20. The van der Waals surface area contributed by atoms with Crippen molar-refractivity contribution in [3.63, 3.8) is 0 Å². The first-order valence-electron chi connectivity index (χ1n) is 11.3. The highest BCUT2D eigenvalue weighted by Gasteiger charge is 2.57. The van der Waals surface area contributed by atoms with Crippen molar-refractivity contribution in [1.82, 2.24) is 24.7 Å². The van der Waals surface area contributed by atoms with Crippen LogP contribution in [-0.2, 0) is 52.9 Å². The van der Waals surface area contributed by atoms with Crippen LogP contribution in [-0.4, -0.2) is 81.4 Å². The Labute approximate surface area is 238 Å². The summed E-state index contributed by atoms with van der Waals surface area (Å²) in [6, 6.07) is 1.52. The fraction of sp³-hybridized carbons (Fsp3) is 0.438. The summed E-state index contributed by atoms with van der Waals surface area (Å²) in [6.45, 7) is -0.873. The maximum absolute atomic E-state index is 12.9. The van der Waals surface area contributed by atoms with Crippen LogP contribution < -0.4 is 15.6 Å². The second kappa shape index (κ2) is 11.2. The van der Waals surface area contributed by atoms with E-state index in [1.807, 2.05) is 0 Å². The Morgan fingerprint density at radius 1 is 1.19 bits per heavy atom. The smallest absolute Gasteiger partial charge is 0.356 e. The average Bonchev–Trinajstić information content (AvgIpc) is 3.59. The number of hydrogen-bond donors (Lipinski definition) is 8. The van der Waals surface area contributed by atoms with Crippen molar-refractivity contribution in [3.8, 4) is 0 Å². The summed E-state index contributed by atoms with van der Waals surface area (Å²) in [4.78, 5) is 59.2. The second-order valence-corrected chi connectivity index (χ2v) is 13.5. The number of aryl methyl sites for hydroxylation is 1. The maximum Gasteiger partial charge on any atom is 0.490 e. The van der Waals surface area contributed by atoms with Crippen LogP contribution in [0.5, 0.6) is 0 Å². The summed E-state index contributed by atoms with van der Waals surface area (Å²) >= 11 is 5.21. The number of aromatic amines is 2. The van der Waals surface area contributed by atoms with Gasteiger partial charge in [-0.3, -0.25) is 19.0 Å². The number of amides is 1. The number of carbonyl (C=O) groups is 1. The molecule has 42 heavy (non-hydrogen) atoms. The minimum atomic E-state index is -5.76. The van der Waals surface area contributed by atoms with Crippen molar-refractivity contribution in [3.05, 3.63) is 23.2 Å². The third-order valence-electron chi connectivity index (χ3n) is 5.64. The quantitative estimate of drug-likeness (QED) is 0.0742. The fourth-order valence-corrected chi connectivity index (χ4v) is 7.44. The van der Waals surface area contributed by atoms with Crippen LogP contribution in [0.1, 0.15) is 6.23 Å². The topological polar surface area (TPSA) is 309 Å². The number of fused-ring (bicyclic) bond motifs is 2. The van der Waals surface area contributed by atoms with E-state index in [-0.39, 0.29) is 16.4 Å². The molecule has 0 radical (unpaired) electrons. The van der Waals surface area contributed by atoms with Gasteiger partial charge in [0.1, 0.15) is 18.3 Å². The minimum absolute atomic E-state index is 0.0317. The number of rotatable bonds is 10. The number of H-pyrrole nitrogens is 2. The highest BCUT2D eigenvalue weighted by Crippen LogP contribution is 2.66. The zero-order valence-corrected chi connectivity index (χ0v) is 24.3. The van der Waals surface area contributed by atoms with Gasteiger partial charge in [0.25, 0.3) is 17.5 Å². The molecule has 2 aliphatic heterocycles. The van der Waals surface area contributed by atoms with Crippen LogP contribution in [0.2, 0.25) is 0 Å². The van der Waals surface area contributed by atoms with E-state index in [1.54, 1.807) is 13.2 Å². The summed E-state index contributed by atoms with van der Waals surface area (Å²) in [5.74, 6) is -0.577. The van der Waals surface area contributed by atoms with Crippen molar-refractivity contribution in [2.24, 2.45) is 7.05 Å². The second-order valence-electron chi connectivity index (χ2n) is 8.68. The number of imidazole rings is 1. The van der Waals surface area contributed by atoms with Gasteiger partial charge in [-0.15, -0.1) is 0 Å². The molecule has 2 saturated heterocycles. The summed E-state index contributed by atoms with van der Waals surface area (Å²) in [5, 5.41) is 6.55. The van der Waals surface area contributed by atoms with E-state index >= 15 is 0 Å². The molecule has 0 aliphatic carbocycles. The predicted octanol–water partition coefficient (Wildman–Crippen LogP) is -0.787. The lowest BCUT2D eigenvalue weighted by atomic mass is 10.1. The van der Waals surface area contributed by atoms with Gasteiger partial charge in [-0.1, -0.05) is 12.2 Å². The molecule has 3 aromatic rings. The molecule has 5 rings (SSSR count). The van der Waals surface area contributed by atoms with Crippen LogP contribution in [0.3, 0.4) is 0 Å². The van der Waals surface area contributed by atoms with Crippen molar-refractivity contribution in [2.75, 3.05) is 17.7 Å². The predicted molar refractivity (Wildman–Crippen MR) is 135 cm³/mol. The van der Waals surface area contributed by atoms with Crippen molar-refractivity contribution in [2.45, 2.75) is 30.8 Å². The number of nitrogens with one attached hydrogen (secondary N) is 3. The molecule has 22 nitrogen and oxygen atoms in total. The van der Waals surface area contributed by atoms with E-state index in [4.69, 9.17) is 46.5 Å². The molecule has 230 valence electrons. The monoisotopic (exact) mass is 675 g/mol. The van der Waals surface area contributed by atoms with Gasteiger partial charge >= 0.3 is 23.5 Å². The number of phosphoric ester groups is 1. The van der Waals surface area contributed by atoms with Crippen LogP contribution in [0.25, 0.3) is 11.2 Å². The largest absolute Gasteiger partial charge is 0.490 e. The fourth-order valence-electron chi connectivity index (χ4n) is 4.16.